The summed E-state index contributed by atoms with van der Waals surface area (Å²) in [5, 5.41) is 8.53. The molecule has 0 atom stereocenters. The summed E-state index contributed by atoms with van der Waals surface area (Å²) in [5.41, 5.74) is 3.13. The van der Waals surface area contributed by atoms with E-state index in [1.807, 2.05) is 6.07 Å². The molecule has 6 heteroatoms. The number of anilines is 1. The van der Waals surface area contributed by atoms with Gasteiger partial charge in [-0.1, -0.05) is 18.2 Å². The molecule has 2 amide bonds. The van der Waals surface area contributed by atoms with Gasteiger partial charge in [-0.3, -0.25) is 9.59 Å². The standard InChI is InChI=1S/C19H20FN3O2/c1-12(24)22-10-13-2-4-14(5-3-13)19(25)23-17-7-6-15-11-21-9-8-16(15)18(17)20/h2-7,21H,8-11H2,1H3,(H,22,24)(H,23,25). The van der Waals surface area contributed by atoms with E-state index in [-0.39, 0.29) is 23.3 Å². The fourth-order valence-corrected chi connectivity index (χ4v) is 2.83. The number of carbonyl (C=O) groups excluding carboxylic acids is 2. The monoisotopic (exact) mass is 341 g/mol. The molecule has 0 spiro atoms. The molecule has 130 valence electrons. The van der Waals surface area contributed by atoms with Crippen LogP contribution in [-0.2, 0) is 24.3 Å². The van der Waals surface area contributed by atoms with Gasteiger partial charge in [0.15, 0.2) is 0 Å². The van der Waals surface area contributed by atoms with Crippen LogP contribution in [0.3, 0.4) is 0 Å². The Bertz CT molecular complexity index is 803. The second-order valence-electron chi connectivity index (χ2n) is 6.05. The van der Waals surface area contributed by atoms with E-state index in [1.165, 1.54) is 6.92 Å². The van der Waals surface area contributed by atoms with Crippen LogP contribution in [0.25, 0.3) is 0 Å². The zero-order valence-corrected chi connectivity index (χ0v) is 14.0. The SMILES string of the molecule is CC(=O)NCc1ccc(C(=O)Nc2ccc3c(c2F)CCNC3)cc1. The van der Waals surface area contributed by atoms with Crippen molar-refractivity contribution >= 4 is 17.5 Å². The van der Waals surface area contributed by atoms with Crippen molar-refractivity contribution in [2.24, 2.45) is 0 Å². The van der Waals surface area contributed by atoms with E-state index in [0.717, 1.165) is 17.7 Å². The molecule has 0 saturated heterocycles. The van der Waals surface area contributed by atoms with Crippen LogP contribution in [0, 0.1) is 5.82 Å². The number of hydrogen-bond acceptors (Lipinski definition) is 3. The van der Waals surface area contributed by atoms with Gasteiger partial charge >= 0.3 is 0 Å². The average Bonchev–Trinajstić information content (AvgIpc) is 2.63. The first-order valence-corrected chi connectivity index (χ1v) is 8.20. The Morgan fingerprint density at radius 3 is 2.64 bits per heavy atom. The third-order valence-corrected chi connectivity index (χ3v) is 4.21. The van der Waals surface area contributed by atoms with Gasteiger partial charge in [-0.05, 0) is 47.9 Å². The van der Waals surface area contributed by atoms with E-state index in [0.29, 0.717) is 30.6 Å². The van der Waals surface area contributed by atoms with Gasteiger partial charge in [-0.25, -0.2) is 4.39 Å². The Kier molecular flexibility index (Phi) is 5.09. The molecule has 0 aromatic heterocycles. The molecule has 0 fully saturated rings. The van der Waals surface area contributed by atoms with Gasteiger partial charge in [0, 0.05) is 25.6 Å². The van der Waals surface area contributed by atoms with Crippen LogP contribution in [0.4, 0.5) is 10.1 Å². The van der Waals surface area contributed by atoms with Crippen molar-refractivity contribution in [1.29, 1.82) is 0 Å². The molecule has 0 unspecified atom stereocenters. The van der Waals surface area contributed by atoms with E-state index in [2.05, 4.69) is 16.0 Å². The normalized spacial score (nSPS) is 13.0. The number of nitrogens with one attached hydrogen (secondary N) is 3. The molecule has 2 aromatic carbocycles. The first-order valence-electron chi connectivity index (χ1n) is 8.20. The highest BCUT2D eigenvalue weighted by atomic mass is 19.1. The van der Waals surface area contributed by atoms with Crippen molar-refractivity contribution in [2.45, 2.75) is 26.4 Å². The average molecular weight is 341 g/mol. The summed E-state index contributed by atoms with van der Waals surface area (Å²) < 4.78 is 14.6. The molecule has 0 saturated carbocycles. The van der Waals surface area contributed by atoms with Crippen molar-refractivity contribution in [3.8, 4) is 0 Å². The largest absolute Gasteiger partial charge is 0.352 e. The van der Waals surface area contributed by atoms with E-state index in [4.69, 9.17) is 0 Å². The molecule has 1 heterocycles. The maximum absolute atomic E-state index is 14.6. The van der Waals surface area contributed by atoms with Gasteiger partial charge in [0.05, 0.1) is 5.69 Å². The maximum atomic E-state index is 14.6. The Labute approximate surface area is 145 Å². The van der Waals surface area contributed by atoms with Crippen molar-refractivity contribution in [3.63, 3.8) is 0 Å². The van der Waals surface area contributed by atoms with Gasteiger partial charge < -0.3 is 16.0 Å². The highest BCUT2D eigenvalue weighted by molar-refractivity contribution is 6.04. The summed E-state index contributed by atoms with van der Waals surface area (Å²) >= 11 is 0. The molecule has 0 bridgehead atoms. The van der Waals surface area contributed by atoms with Crippen LogP contribution in [0.5, 0.6) is 0 Å². The lowest BCUT2D eigenvalue weighted by Crippen LogP contribution is -2.25. The first-order chi connectivity index (χ1) is 12.0. The molecule has 1 aliphatic rings. The second-order valence-corrected chi connectivity index (χ2v) is 6.05. The van der Waals surface area contributed by atoms with Crippen LogP contribution in [0.2, 0.25) is 0 Å². The summed E-state index contributed by atoms with van der Waals surface area (Å²) in [7, 11) is 0. The molecule has 0 aliphatic carbocycles. The third-order valence-electron chi connectivity index (χ3n) is 4.21. The minimum Gasteiger partial charge on any atom is -0.352 e. The Hall–Kier alpha value is -2.73. The number of benzene rings is 2. The fraction of sp³-hybridized carbons (Fsp3) is 0.263. The minimum absolute atomic E-state index is 0.111. The van der Waals surface area contributed by atoms with E-state index >= 15 is 0 Å². The number of hydrogen-bond donors (Lipinski definition) is 3. The Balaban J connectivity index is 1.71. The number of amides is 2. The van der Waals surface area contributed by atoms with Gasteiger partial charge in [-0.15, -0.1) is 0 Å². The molecule has 5 nitrogen and oxygen atoms in total. The number of rotatable bonds is 4. The summed E-state index contributed by atoms with van der Waals surface area (Å²) in [6.07, 6.45) is 0.614. The second kappa shape index (κ2) is 7.44. The van der Waals surface area contributed by atoms with Crippen molar-refractivity contribution in [2.75, 3.05) is 11.9 Å². The van der Waals surface area contributed by atoms with Gasteiger partial charge in [0.1, 0.15) is 5.82 Å². The van der Waals surface area contributed by atoms with Crippen molar-refractivity contribution < 1.29 is 14.0 Å². The van der Waals surface area contributed by atoms with Gasteiger partial charge in [0.2, 0.25) is 5.91 Å². The van der Waals surface area contributed by atoms with Crippen molar-refractivity contribution in [1.82, 2.24) is 10.6 Å². The van der Waals surface area contributed by atoms with Crippen molar-refractivity contribution in [3.05, 3.63) is 64.5 Å². The lowest BCUT2D eigenvalue weighted by molar-refractivity contribution is -0.119. The van der Waals surface area contributed by atoms with E-state index < -0.39 is 0 Å². The summed E-state index contributed by atoms with van der Waals surface area (Å²) in [6.45, 7) is 3.24. The third kappa shape index (κ3) is 4.03. The fourth-order valence-electron chi connectivity index (χ4n) is 2.83. The van der Waals surface area contributed by atoms with Gasteiger partial charge in [0.25, 0.3) is 5.91 Å². The van der Waals surface area contributed by atoms with E-state index in [9.17, 15) is 14.0 Å². The molecule has 3 N–H and O–H groups in total. The molecule has 0 radical (unpaired) electrons. The Morgan fingerprint density at radius 1 is 1.16 bits per heavy atom. The smallest absolute Gasteiger partial charge is 0.255 e. The summed E-state index contributed by atoms with van der Waals surface area (Å²) in [6, 6.07) is 10.3. The molecular formula is C19H20FN3O2. The molecule has 2 aromatic rings. The van der Waals surface area contributed by atoms with Crippen LogP contribution in [-0.4, -0.2) is 18.4 Å². The maximum Gasteiger partial charge on any atom is 0.255 e. The molecule has 1 aliphatic heterocycles. The topological polar surface area (TPSA) is 70.2 Å². The summed E-state index contributed by atoms with van der Waals surface area (Å²) in [4.78, 5) is 23.3. The zero-order chi connectivity index (χ0) is 17.8. The highest BCUT2D eigenvalue weighted by Gasteiger charge is 2.18. The number of carbonyl (C=O) groups is 2. The number of fused-ring (bicyclic) bond motifs is 1. The van der Waals surface area contributed by atoms with Gasteiger partial charge in [-0.2, -0.15) is 0 Å². The molecule has 3 rings (SSSR count). The number of halogens is 1. The van der Waals surface area contributed by atoms with Crippen LogP contribution in [0.1, 0.15) is 34.0 Å². The van der Waals surface area contributed by atoms with Crippen LogP contribution in [0.15, 0.2) is 36.4 Å². The lowest BCUT2D eigenvalue weighted by atomic mass is 9.99. The highest BCUT2D eigenvalue weighted by Crippen LogP contribution is 2.25. The molecule has 25 heavy (non-hydrogen) atoms. The van der Waals surface area contributed by atoms with E-state index in [1.54, 1.807) is 30.3 Å². The minimum atomic E-state index is -0.362. The Morgan fingerprint density at radius 2 is 1.92 bits per heavy atom. The lowest BCUT2D eigenvalue weighted by Gasteiger charge is -2.19. The zero-order valence-electron chi connectivity index (χ0n) is 14.0. The van der Waals surface area contributed by atoms with Crippen LogP contribution < -0.4 is 16.0 Å². The summed E-state index contributed by atoms with van der Waals surface area (Å²) in [5.74, 6) is -0.826. The quantitative estimate of drug-likeness (QED) is 0.800. The predicted octanol–water partition coefficient (Wildman–Crippen LogP) is 2.36. The first kappa shape index (κ1) is 17.1. The predicted molar refractivity (Wildman–Crippen MR) is 93.7 cm³/mol. The molecular weight excluding hydrogens is 321 g/mol. The van der Waals surface area contributed by atoms with Crippen LogP contribution >= 0.6 is 0 Å².